The van der Waals surface area contributed by atoms with Crippen molar-refractivity contribution in [2.75, 3.05) is 37.4 Å². The van der Waals surface area contributed by atoms with Crippen molar-refractivity contribution in [2.45, 2.75) is 18.9 Å². The number of hydrogen-bond donors (Lipinski definition) is 1. The zero-order valence-corrected chi connectivity index (χ0v) is 16.2. The molecule has 1 saturated heterocycles. The Morgan fingerprint density at radius 2 is 1.92 bits per heavy atom. The third-order valence-corrected chi connectivity index (χ3v) is 5.38. The molecule has 0 unspecified atom stereocenters. The molecule has 2 aromatic rings. The Kier molecular flexibility index (Phi) is 5.71. The summed E-state index contributed by atoms with van der Waals surface area (Å²) in [4.78, 5) is 21.7. The number of hydrogen-bond acceptors (Lipinski definition) is 4. The maximum absolute atomic E-state index is 12.5. The van der Waals surface area contributed by atoms with E-state index in [1.165, 1.54) is 0 Å². The molecule has 132 valence electrons. The van der Waals surface area contributed by atoms with Crippen LogP contribution in [0.3, 0.4) is 0 Å². The van der Waals surface area contributed by atoms with Crippen LogP contribution in [0.5, 0.6) is 0 Å². The quantitative estimate of drug-likeness (QED) is 0.847. The Labute approximate surface area is 157 Å². The van der Waals surface area contributed by atoms with Gasteiger partial charge in [0.05, 0.1) is 5.56 Å². The van der Waals surface area contributed by atoms with Gasteiger partial charge in [0, 0.05) is 17.6 Å². The van der Waals surface area contributed by atoms with Crippen LogP contribution in [-0.2, 0) is 0 Å². The topological polar surface area (TPSA) is 48.5 Å². The summed E-state index contributed by atoms with van der Waals surface area (Å²) in [7, 11) is 4.24. The largest absolute Gasteiger partial charge is 0.357 e. The Hall–Kier alpha value is -1.92. The number of pyridine rings is 1. The molecule has 0 spiro atoms. The number of amides is 1. The summed E-state index contributed by atoms with van der Waals surface area (Å²) < 4.78 is 0.770. The average Bonchev–Trinajstić information content (AvgIpc) is 2.62. The molecule has 1 aromatic carbocycles. The highest BCUT2D eigenvalue weighted by Crippen LogP contribution is 2.22. The molecule has 1 aliphatic rings. The highest BCUT2D eigenvalue weighted by atomic mass is 79.9. The zero-order chi connectivity index (χ0) is 17.8. The Balaban J connectivity index is 1.71. The van der Waals surface area contributed by atoms with E-state index in [2.05, 4.69) is 50.1 Å². The van der Waals surface area contributed by atoms with Crippen molar-refractivity contribution >= 4 is 33.5 Å². The van der Waals surface area contributed by atoms with E-state index >= 15 is 0 Å². The minimum atomic E-state index is -0.168. The van der Waals surface area contributed by atoms with Crippen LogP contribution >= 0.6 is 15.9 Å². The number of nitrogens with one attached hydrogen (secondary N) is 1. The van der Waals surface area contributed by atoms with Gasteiger partial charge in [0.1, 0.15) is 11.6 Å². The van der Waals surface area contributed by atoms with Gasteiger partial charge in [0.2, 0.25) is 0 Å². The van der Waals surface area contributed by atoms with Gasteiger partial charge in [-0.05, 0) is 73.2 Å². The van der Waals surface area contributed by atoms with Crippen molar-refractivity contribution in [3.63, 3.8) is 0 Å². The monoisotopic (exact) mass is 402 g/mol. The number of benzene rings is 1. The number of anilines is 2. The summed E-state index contributed by atoms with van der Waals surface area (Å²) in [6, 6.07) is 13.6. The number of aromatic nitrogens is 1. The summed E-state index contributed by atoms with van der Waals surface area (Å²) >= 11 is 3.41. The van der Waals surface area contributed by atoms with E-state index in [1.54, 1.807) is 6.07 Å². The van der Waals surface area contributed by atoms with Crippen molar-refractivity contribution < 1.29 is 4.79 Å². The molecule has 0 aliphatic carbocycles. The molecule has 5 nitrogen and oxygen atoms in total. The van der Waals surface area contributed by atoms with E-state index in [0.717, 1.165) is 36.2 Å². The minimum absolute atomic E-state index is 0.168. The Morgan fingerprint density at radius 1 is 1.20 bits per heavy atom. The molecule has 1 fully saturated rings. The Bertz CT molecular complexity index is 744. The smallest absolute Gasteiger partial charge is 0.257 e. The normalized spacial score (nSPS) is 15.8. The Morgan fingerprint density at radius 3 is 2.64 bits per heavy atom. The minimum Gasteiger partial charge on any atom is -0.357 e. The summed E-state index contributed by atoms with van der Waals surface area (Å²) in [5.41, 5.74) is 0.596. The standard InChI is InChI=1S/C19H23BrN4O/c1-23-12-10-14(11-13-23)24(2)18-9-5-8-17(21-18)22-19(25)15-6-3-4-7-16(15)20/h3-9,14H,10-13H2,1-2H3,(H,21,22,25). The molecule has 1 N–H and O–H groups in total. The van der Waals surface area contributed by atoms with Crippen LogP contribution in [0.4, 0.5) is 11.6 Å². The summed E-state index contributed by atoms with van der Waals surface area (Å²) in [5.74, 6) is 1.29. The molecule has 0 radical (unpaired) electrons. The van der Waals surface area contributed by atoms with Crippen molar-refractivity contribution in [2.24, 2.45) is 0 Å². The first-order valence-corrected chi connectivity index (χ1v) is 9.28. The summed E-state index contributed by atoms with van der Waals surface area (Å²) in [6.07, 6.45) is 2.25. The SMILES string of the molecule is CN1CCC(N(C)c2cccc(NC(=O)c3ccccc3Br)n2)CC1. The number of halogens is 1. The van der Waals surface area contributed by atoms with Gasteiger partial charge in [-0.25, -0.2) is 4.98 Å². The highest BCUT2D eigenvalue weighted by molar-refractivity contribution is 9.10. The van der Waals surface area contributed by atoms with E-state index < -0.39 is 0 Å². The fraction of sp³-hybridized carbons (Fsp3) is 0.368. The van der Waals surface area contributed by atoms with Crippen LogP contribution in [0.25, 0.3) is 0 Å². The number of carbonyl (C=O) groups is 1. The fourth-order valence-electron chi connectivity index (χ4n) is 3.09. The van der Waals surface area contributed by atoms with E-state index in [0.29, 0.717) is 17.4 Å². The number of carbonyl (C=O) groups excluding carboxylic acids is 1. The van der Waals surface area contributed by atoms with Crippen LogP contribution in [0.1, 0.15) is 23.2 Å². The second-order valence-corrected chi connectivity index (χ2v) is 7.31. The second-order valence-electron chi connectivity index (χ2n) is 6.46. The number of rotatable bonds is 4. The maximum atomic E-state index is 12.5. The van der Waals surface area contributed by atoms with Crippen molar-refractivity contribution in [3.05, 3.63) is 52.5 Å². The zero-order valence-electron chi connectivity index (χ0n) is 14.6. The first-order valence-electron chi connectivity index (χ1n) is 8.49. The third kappa shape index (κ3) is 4.38. The maximum Gasteiger partial charge on any atom is 0.257 e. The molecule has 1 amide bonds. The van der Waals surface area contributed by atoms with Gasteiger partial charge in [-0.3, -0.25) is 4.79 Å². The molecule has 0 bridgehead atoms. The molecule has 1 aromatic heterocycles. The van der Waals surface area contributed by atoms with Crippen molar-refractivity contribution in [3.8, 4) is 0 Å². The van der Waals surface area contributed by atoms with Crippen LogP contribution in [0, 0.1) is 0 Å². The fourth-order valence-corrected chi connectivity index (χ4v) is 3.55. The van der Waals surface area contributed by atoms with Crippen LogP contribution in [-0.4, -0.2) is 49.0 Å². The second kappa shape index (κ2) is 7.97. The predicted molar refractivity (Wildman–Crippen MR) is 105 cm³/mol. The van der Waals surface area contributed by atoms with Gasteiger partial charge in [0.25, 0.3) is 5.91 Å². The molecule has 0 atom stereocenters. The van der Waals surface area contributed by atoms with Gasteiger partial charge < -0.3 is 15.1 Å². The predicted octanol–water partition coefficient (Wildman–Crippen LogP) is 3.63. The molecule has 6 heteroatoms. The average molecular weight is 403 g/mol. The van der Waals surface area contributed by atoms with Crippen LogP contribution in [0.15, 0.2) is 46.9 Å². The number of piperidine rings is 1. The van der Waals surface area contributed by atoms with Crippen LogP contribution in [0.2, 0.25) is 0 Å². The van der Waals surface area contributed by atoms with E-state index in [1.807, 2.05) is 36.4 Å². The number of likely N-dealkylation sites (tertiary alicyclic amines) is 1. The molecule has 2 heterocycles. The van der Waals surface area contributed by atoms with Gasteiger partial charge >= 0.3 is 0 Å². The highest BCUT2D eigenvalue weighted by Gasteiger charge is 2.21. The first-order chi connectivity index (χ1) is 12.0. The lowest BCUT2D eigenvalue weighted by atomic mass is 10.0. The molecular weight excluding hydrogens is 380 g/mol. The van der Waals surface area contributed by atoms with Gasteiger partial charge in [-0.1, -0.05) is 18.2 Å². The van der Waals surface area contributed by atoms with Crippen molar-refractivity contribution in [1.82, 2.24) is 9.88 Å². The number of nitrogens with zero attached hydrogens (tertiary/aromatic N) is 3. The van der Waals surface area contributed by atoms with Crippen molar-refractivity contribution in [1.29, 1.82) is 0 Å². The third-order valence-electron chi connectivity index (χ3n) is 4.69. The molecule has 0 saturated carbocycles. The van der Waals surface area contributed by atoms with Gasteiger partial charge in [-0.2, -0.15) is 0 Å². The lowest BCUT2D eigenvalue weighted by molar-refractivity contribution is 0.102. The molecule has 25 heavy (non-hydrogen) atoms. The molecule has 1 aliphatic heterocycles. The first kappa shape index (κ1) is 17.9. The lowest BCUT2D eigenvalue weighted by Crippen LogP contribution is -2.42. The van der Waals surface area contributed by atoms with Crippen LogP contribution < -0.4 is 10.2 Å². The summed E-state index contributed by atoms with van der Waals surface area (Å²) in [6.45, 7) is 2.21. The molecule has 3 rings (SSSR count). The lowest BCUT2D eigenvalue weighted by Gasteiger charge is -2.35. The van der Waals surface area contributed by atoms with Gasteiger partial charge in [0.15, 0.2) is 0 Å². The summed E-state index contributed by atoms with van der Waals surface area (Å²) in [5, 5.41) is 2.89. The van der Waals surface area contributed by atoms with E-state index in [9.17, 15) is 4.79 Å². The van der Waals surface area contributed by atoms with E-state index in [-0.39, 0.29) is 5.91 Å². The van der Waals surface area contributed by atoms with E-state index in [4.69, 9.17) is 0 Å². The molecular formula is C19H23BrN4O. The van der Waals surface area contributed by atoms with Gasteiger partial charge in [-0.15, -0.1) is 0 Å².